The summed E-state index contributed by atoms with van der Waals surface area (Å²) in [4.78, 5) is 27.5. The topological polar surface area (TPSA) is 49.3 Å². The number of benzene rings is 2. The normalized spacial score (nSPS) is 15.8. The highest BCUT2D eigenvalue weighted by atomic mass is 16.2. The maximum atomic E-state index is 13.2. The summed E-state index contributed by atoms with van der Waals surface area (Å²) < 4.78 is 0. The van der Waals surface area contributed by atoms with E-state index in [0.717, 1.165) is 60.0 Å². The Morgan fingerprint density at radius 3 is 2.39 bits per heavy atom. The van der Waals surface area contributed by atoms with Crippen LogP contribution in [0.5, 0.6) is 0 Å². The largest absolute Gasteiger partial charge is 0.356 e. The summed E-state index contributed by atoms with van der Waals surface area (Å²) in [5.74, 6) is 1.89. The van der Waals surface area contributed by atoms with E-state index >= 15 is 0 Å². The lowest BCUT2D eigenvalue weighted by atomic mass is 10.0. The average Bonchev–Trinajstić information content (AvgIpc) is 3.38. The molecule has 1 amide bonds. The van der Waals surface area contributed by atoms with Gasteiger partial charge < -0.3 is 9.80 Å². The van der Waals surface area contributed by atoms with Crippen LogP contribution >= 0.6 is 0 Å². The Hall–Kier alpha value is -3.21. The van der Waals surface area contributed by atoms with E-state index in [1.807, 2.05) is 35.2 Å². The number of hydrogen-bond acceptors (Lipinski definition) is 4. The van der Waals surface area contributed by atoms with Crippen LogP contribution in [0.15, 0.2) is 54.6 Å². The summed E-state index contributed by atoms with van der Waals surface area (Å²) in [6.07, 6.45) is 4.11. The number of aryl methyl sites for hydroxylation is 1. The van der Waals surface area contributed by atoms with E-state index in [4.69, 9.17) is 9.97 Å². The van der Waals surface area contributed by atoms with E-state index in [1.54, 1.807) is 0 Å². The fourth-order valence-corrected chi connectivity index (χ4v) is 4.54. The van der Waals surface area contributed by atoms with Gasteiger partial charge in [-0.25, -0.2) is 9.97 Å². The number of aromatic nitrogens is 2. The number of hydrogen-bond donors (Lipinski definition) is 0. The molecule has 2 aliphatic heterocycles. The molecule has 0 atom stereocenters. The van der Waals surface area contributed by atoms with Gasteiger partial charge in [0.25, 0.3) is 5.91 Å². The summed E-state index contributed by atoms with van der Waals surface area (Å²) >= 11 is 0. The third kappa shape index (κ3) is 3.92. The molecule has 0 unspecified atom stereocenters. The number of anilines is 1. The van der Waals surface area contributed by atoms with Gasteiger partial charge in [0.15, 0.2) is 5.82 Å². The minimum absolute atomic E-state index is 0.0906. The van der Waals surface area contributed by atoms with Gasteiger partial charge in [-0.2, -0.15) is 0 Å². The van der Waals surface area contributed by atoms with Crippen LogP contribution in [0.3, 0.4) is 0 Å². The van der Waals surface area contributed by atoms with Gasteiger partial charge in [-0.15, -0.1) is 0 Å². The molecular weight excluding hydrogens is 384 g/mol. The van der Waals surface area contributed by atoms with Crippen LogP contribution in [0.2, 0.25) is 0 Å². The molecule has 2 aromatic carbocycles. The van der Waals surface area contributed by atoms with Crippen LogP contribution in [0, 0.1) is 0 Å². The fraction of sp³-hybridized carbons (Fsp3) is 0.346. The van der Waals surface area contributed by atoms with Crippen molar-refractivity contribution in [3.63, 3.8) is 0 Å². The Morgan fingerprint density at radius 1 is 0.935 bits per heavy atom. The zero-order valence-electron chi connectivity index (χ0n) is 18.1. The first-order valence-electron chi connectivity index (χ1n) is 11.3. The van der Waals surface area contributed by atoms with E-state index in [-0.39, 0.29) is 5.91 Å². The number of carbonyl (C=O) groups is 1. The Kier molecular flexibility index (Phi) is 5.41. The van der Waals surface area contributed by atoms with Crippen molar-refractivity contribution in [2.24, 2.45) is 0 Å². The summed E-state index contributed by atoms with van der Waals surface area (Å²) in [7, 11) is 0. The van der Waals surface area contributed by atoms with Crippen molar-refractivity contribution in [2.75, 3.05) is 24.5 Å². The van der Waals surface area contributed by atoms with Crippen molar-refractivity contribution in [1.82, 2.24) is 14.9 Å². The first kappa shape index (κ1) is 19.7. The molecule has 31 heavy (non-hydrogen) atoms. The standard InChI is InChI=1S/C26H28N4O/c1-2-19-10-12-21(13-11-19)26(31)30-17-14-23-22(18-30)25(29-15-6-7-16-29)28-24(27-23)20-8-4-3-5-9-20/h3-5,8-13H,2,6-7,14-18H2,1H3. The highest BCUT2D eigenvalue weighted by Gasteiger charge is 2.29. The smallest absolute Gasteiger partial charge is 0.254 e. The van der Waals surface area contributed by atoms with Gasteiger partial charge in [0.2, 0.25) is 0 Å². The predicted octanol–water partition coefficient (Wildman–Crippen LogP) is 4.50. The first-order valence-corrected chi connectivity index (χ1v) is 11.3. The van der Waals surface area contributed by atoms with Crippen LogP contribution in [-0.2, 0) is 19.4 Å². The van der Waals surface area contributed by atoms with Gasteiger partial charge in [0.1, 0.15) is 5.82 Å². The Labute approximate surface area is 183 Å². The zero-order chi connectivity index (χ0) is 21.2. The lowest BCUT2D eigenvalue weighted by molar-refractivity contribution is 0.0733. The molecule has 2 aliphatic rings. The maximum Gasteiger partial charge on any atom is 0.254 e. The Balaban J connectivity index is 1.48. The molecule has 1 fully saturated rings. The second-order valence-electron chi connectivity index (χ2n) is 8.38. The van der Waals surface area contributed by atoms with Crippen LogP contribution in [-0.4, -0.2) is 40.4 Å². The summed E-state index contributed by atoms with van der Waals surface area (Å²) in [6.45, 7) is 5.42. The molecule has 0 aliphatic carbocycles. The first-order chi connectivity index (χ1) is 15.2. The molecule has 3 heterocycles. The second kappa shape index (κ2) is 8.50. The third-order valence-corrected chi connectivity index (χ3v) is 6.37. The minimum Gasteiger partial charge on any atom is -0.356 e. The van der Waals surface area contributed by atoms with Crippen molar-refractivity contribution < 1.29 is 4.79 Å². The molecule has 5 heteroatoms. The third-order valence-electron chi connectivity index (χ3n) is 6.37. The van der Waals surface area contributed by atoms with Crippen LogP contribution in [0.1, 0.15) is 46.9 Å². The van der Waals surface area contributed by atoms with Crippen LogP contribution in [0.4, 0.5) is 5.82 Å². The molecule has 0 spiro atoms. The number of nitrogens with zero attached hydrogens (tertiary/aromatic N) is 4. The summed E-state index contributed by atoms with van der Waals surface area (Å²) in [6, 6.07) is 18.2. The van der Waals surface area contributed by atoms with Gasteiger partial charge >= 0.3 is 0 Å². The highest BCUT2D eigenvalue weighted by molar-refractivity contribution is 5.94. The predicted molar refractivity (Wildman–Crippen MR) is 123 cm³/mol. The molecule has 1 aromatic heterocycles. The van der Waals surface area contributed by atoms with Crippen molar-refractivity contribution in [1.29, 1.82) is 0 Å². The van der Waals surface area contributed by atoms with E-state index in [9.17, 15) is 4.79 Å². The second-order valence-corrected chi connectivity index (χ2v) is 8.38. The number of amides is 1. The van der Waals surface area contributed by atoms with E-state index in [2.05, 4.69) is 36.1 Å². The lowest BCUT2D eigenvalue weighted by Gasteiger charge is -2.32. The quantitative estimate of drug-likeness (QED) is 0.633. The van der Waals surface area contributed by atoms with E-state index in [0.29, 0.717) is 13.1 Å². The summed E-state index contributed by atoms with van der Waals surface area (Å²) in [5, 5.41) is 0. The van der Waals surface area contributed by atoms with Gasteiger partial charge in [0.05, 0.1) is 12.2 Å². The lowest BCUT2D eigenvalue weighted by Crippen LogP contribution is -2.38. The van der Waals surface area contributed by atoms with Gasteiger partial charge in [-0.05, 0) is 37.0 Å². The van der Waals surface area contributed by atoms with Gasteiger partial charge in [-0.3, -0.25) is 4.79 Å². The zero-order valence-corrected chi connectivity index (χ0v) is 18.1. The number of rotatable bonds is 4. The van der Waals surface area contributed by atoms with Crippen molar-refractivity contribution in [2.45, 2.75) is 39.2 Å². The van der Waals surface area contributed by atoms with Crippen LogP contribution in [0.25, 0.3) is 11.4 Å². The van der Waals surface area contributed by atoms with Crippen LogP contribution < -0.4 is 4.90 Å². The van der Waals surface area contributed by atoms with E-state index < -0.39 is 0 Å². The van der Waals surface area contributed by atoms with Gasteiger partial charge in [-0.1, -0.05) is 49.4 Å². The SMILES string of the molecule is CCc1ccc(C(=O)N2CCc3nc(-c4ccccc4)nc(N4CCCC4)c3C2)cc1. The van der Waals surface area contributed by atoms with Crippen molar-refractivity contribution >= 4 is 11.7 Å². The molecular formula is C26H28N4O. The Morgan fingerprint density at radius 2 is 1.68 bits per heavy atom. The van der Waals surface area contributed by atoms with Crippen molar-refractivity contribution in [3.05, 3.63) is 77.0 Å². The molecule has 5 rings (SSSR count). The maximum absolute atomic E-state index is 13.2. The molecule has 0 saturated carbocycles. The minimum atomic E-state index is 0.0906. The molecule has 0 bridgehead atoms. The van der Waals surface area contributed by atoms with Gasteiger partial charge in [0, 0.05) is 42.7 Å². The highest BCUT2D eigenvalue weighted by Crippen LogP contribution is 2.32. The summed E-state index contributed by atoms with van der Waals surface area (Å²) in [5.41, 5.74) is 5.25. The fourth-order valence-electron chi connectivity index (χ4n) is 4.54. The number of fused-ring (bicyclic) bond motifs is 1. The van der Waals surface area contributed by atoms with Crippen molar-refractivity contribution in [3.8, 4) is 11.4 Å². The van der Waals surface area contributed by atoms with E-state index in [1.165, 1.54) is 18.4 Å². The molecule has 5 nitrogen and oxygen atoms in total. The molecule has 3 aromatic rings. The average molecular weight is 413 g/mol. The number of carbonyl (C=O) groups excluding carboxylic acids is 1. The Bertz CT molecular complexity index is 1070. The molecule has 0 N–H and O–H groups in total. The molecule has 0 radical (unpaired) electrons. The molecule has 1 saturated heterocycles. The monoisotopic (exact) mass is 412 g/mol. The molecule has 158 valence electrons.